The van der Waals surface area contributed by atoms with Crippen molar-refractivity contribution in [3.63, 3.8) is 0 Å². The van der Waals surface area contributed by atoms with Crippen LogP contribution in [-0.2, 0) is 0 Å². The summed E-state index contributed by atoms with van der Waals surface area (Å²) >= 11 is 0. The molecule has 0 atom stereocenters. The first kappa shape index (κ1) is 8.96. The molecule has 0 amide bonds. The van der Waals surface area contributed by atoms with Crippen molar-refractivity contribution >= 4 is 10.8 Å². The van der Waals surface area contributed by atoms with E-state index in [1.165, 1.54) is 5.39 Å². The van der Waals surface area contributed by atoms with E-state index in [4.69, 9.17) is 0 Å². The van der Waals surface area contributed by atoms with Crippen molar-refractivity contribution in [2.75, 3.05) is 0 Å². The third-order valence-corrected chi connectivity index (χ3v) is 1.47. The van der Waals surface area contributed by atoms with E-state index in [-0.39, 0.29) is 36.9 Å². The molecule has 0 spiro atoms. The van der Waals surface area contributed by atoms with Gasteiger partial charge in [0.15, 0.2) is 0 Å². The average molecular weight is 297 g/mol. The standard InChI is InChI=1S/C9H6N.Tm/c1-2-4-9-7-10-6-5-8(9)3-1;/h1-3,5-7H;/q-1;. The number of hydrogen-bond donors (Lipinski definition) is 0. The van der Waals surface area contributed by atoms with Crippen molar-refractivity contribution in [1.82, 2.24) is 4.98 Å². The summed E-state index contributed by atoms with van der Waals surface area (Å²) in [4.78, 5) is 3.98. The third kappa shape index (κ3) is 1.91. The zero-order chi connectivity index (χ0) is 6.81. The molecule has 0 aliphatic rings. The molecule has 2 aromatic rings. The van der Waals surface area contributed by atoms with Crippen LogP contribution >= 0.6 is 0 Å². The van der Waals surface area contributed by atoms with Crippen LogP contribution in [0.5, 0.6) is 0 Å². The zero-order valence-corrected chi connectivity index (χ0v) is 7.47. The molecule has 61 valence electrons. The van der Waals surface area contributed by atoms with Crippen LogP contribution in [0, 0.1) is 42.9 Å². The Morgan fingerprint density at radius 2 is 2.18 bits per heavy atom. The molecule has 0 unspecified atom stereocenters. The van der Waals surface area contributed by atoms with Crippen molar-refractivity contribution in [3.05, 3.63) is 42.7 Å². The molecule has 1 aromatic carbocycles. The van der Waals surface area contributed by atoms with Crippen molar-refractivity contribution in [3.8, 4) is 0 Å². The smallest absolute Gasteiger partial charge is 0.00672 e. The first-order chi connectivity index (χ1) is 4.97. The van der Waals surface area contributed by atoms with Gasteiger partial charge in [-0.1, -0.05) is 6.07 Å². The number of aromatic nitrogens is 1. The molecular formula is C9H6NTm-. The fourth-order valence-electron chi connectivity index (χ4n) is 0.961. The van der Waals surface area contributed by atoms with Crippen LogP contribution in [-0.4, -0.2) is 4.98 Å². The average Bonchev–Trinajstić information content (AvgIpc) is 2.05. The number of hydrogen-bond acceptors (Lipinski definition) is 1. The minimum atomic E-state index is 0. The maximum Gasteiger partial charge on any atom is 0.00672 e. The van der Waals surface area contributed by atoms with Gasteiger partial charge in [0.05, 0.1) is 0 Å². The molecule has 1 aromatic heterocycles. The first-order valence-corrected chi connectivity index (χ1v) is 3.17. The Labute approximate surface area is 94.6 Å². The predicted molar refractivity (Wildman–Crippen MR) is 40.6 cm³/mol. The van der Waals surface area contributed by atoms with E-state index in [0.717, 1.165) is 5.39 Å². The Hall–Kier alpha value is -0.136. The van der Waals surface area contributed by atoms with Crippen molar-refractivity contribution in [1.29, 1.82) is 0 Å². The second-order valence-corrected chi connectivity index (χ2v) is 2.13. The van der Waals surface area contributed by atoms with E-state index in [2.05, 4.69) is 11.1 Å². The second-order valence-electron chi connectivity index (χ2n) is 2.13. The van der Waals surface area contributed by atoms with E-state index in [0.29, 0.717) is 0 Å². The van der Waals surface area contributed by atoms with Gasteiger partial charge in [-0.05, 0) is 6.20 Å². The van der Waals surface area contributed by atoms with Crippen molar-refractivity contribution < 1.29 is 36.9 Å². The minimum Gasteiger partial charge on any atom is -0.313 e. The molecule has 2 heteroatoms. The molecule has 0 aliphatic heterocycles. The molecule has 2 rings (SSSR count). The van der Waals surface area contributed by atoms with Crippen LogP contribution in [0.25, 0.3) is 10.8 Å². The van der Waals surface area contributed by atoms with Gasteiger partial charge in [-0.2, -0.15) is 0 Å². The van der Waals surface area contributed by atoms with Crippen LogP contribution < -0.4 is 0 Å². The van der Waals surface area contributed by atoms with E-state index >= 15 is 0 Å². The number of nitrogens with zero attached hydrogens (tertiary/aromatic N) is 1. The van der Waals surface area contributed by atoms with Crippen molar-refractivity contribution in [2.45, 2.75) is 0 Å². The molecule has 11 heavy (non-hydrogen) atoms. The summed E-state index contributed by atoms with van der Waals surface area (Å²) in [6.07, 6.45) is 3.60. The summed E-state index contributed by atoms with van der Waals surface area (Å²) in [5.41, 5.74) is 0. The number of rotatable bonds is 0. The van der Waals surface area contributed by atoms with Gasteiger partial charge in [-0.3, -0.25) is 0 Å². The molecule has 0 fully saturated rings. The van der Waals surface area contributed by atoms with Gasteiger partial charge in [-0.15, -0.1) is 35.0 Å². The van der Waals surface area contributed by atoms with Crippen LogP contribution in [0.15, 0.2) is 36.7 Å². The molecule has 0 N–H and O–H groups in total. The molecule has 0 saturated carbocycles. The van der Waals surface area contributed by atoms with E-state index < -0.39 is 0 Å². The number of benzene rings is 1. The van der Waals surface area contributed by atoms with Crippen LogP contribution in [0.2, 0.25) is 0 Å². The molecule has 1 nitrogen and oxygen atoms in total. The Kier molecular flexibility index (Phi) is 3.28. The van der Waals surface area contributed by atoms with Crippen LogP contribution in [0.1, 0.15) is 0 Å². The van der Waals surface area contributed by atoms with E-state index in [1.54, 1.807) is 6.20 Å². The summed E-state index contributed by atoms with van der Waals surface area (Å²) < 4.78 is 0. The zero-order valence-electron chi connectivity index (χ0n) is 5.69. The Morgan fingerprint density at radius 3 is 3.00 bits per heavy atom. The van der Waals surface area contributed by atoms with Gasteiger partial charge in [0.1, 0.15) is 0 Å². The van der Waals surface area contributed by atoms with Gasteiger partial charge in [0.2, 0.25) is 0 Å². The normalized spacial score (nSPS) is 9.09. The monoisotopic (exact) mass is 297 g/mol. The van der Waals surface area contributed by atoms with Gasteiger partial charge >= 0.3 is 0 Å². The second kappa shape index (κ2) is 4.03. The topological polar surface area (TPSA) is 12.9 Å². The molecule has 0 saturated heterocycles. The Bertz CT molecular complexity index is 281. The quantitative estimate of drug-likeness (QED) is 0.678. The molecule has 1 radical (unpaired) electrons. The van der Waals surface area contributed by atoms with Gasteiger partial charge < -0.3 is 4.98 Å². The van der Waals surface area contributed by atoms with Gasteiger partial charge in [0.25, 0.3) is 0 Å². The maximum absolute atomic E-state index is 3.98. The number of fused-ring (bicyclic) bond motifs is 1. The third-order valence-electron chi connectivity index (χ3n) is 1.47. The largest absolute Gasteiger partial charge is 0.313 e. The van der Waals surface area contributed by atoms with Gasteiger partial charge in [-0.25, -0.2) is 0 Å². The fourth-order valence-corrected chi connectivity index (χ4v) is 0.961. The Balaban J connectivity index is 0.000000605. The van der Waals surface area contributed by atoms with Crippen LogP contribution in [0.4, 0.5) is 0 Å². The van der Waals surface area contributed by atoms with Crippen LogP contribution in [0.3, 0.4) is 0 Å². The Morgan fingerprint density at radius 1 is 1.27 bits per heavy atom. The molecular weight excluding hydrogens is 291 g/mol. The summed E-state index contributed by atoms with van der Waals surface area (Å²) in [7, 11) is 0. The summed E-state index contributed by atoms with van der Waals surface area (Å²) in [6, 6.07) is 11.0. The fraction of sp³-hybridized carbons (Fsp3) is 0. The summed E-state index contributed by atoms with van der Waals surface area (Å²) in [5.74, 6) is 0. The number of pyridine rings is 1. The summed E-state index contributed by atoms with van der Waals surface area (Å²) in [5, 5.41) is 2.27. The minimum absolute atomic E-state index is 0. The molecule has 0 bridgehead atoms. The first-order valence-electron chi connectivity index (χ1n) is 3.17. The predicted octanol–water partition coefficient (Wildman–Crippen LogP) is 2.03. The van der Waals surface area contributed by atoms with Gasteiger partial charge in [0, 0.05) is 43.1 Å². The van der Waals surface area contributed by atoms with Crippen molar-refractivity contribution in [2.24, 2.45) is 0 Å². The summed E-state index contributed by atoms with van der Waals surface area (Å²) in [6.45, 7) is 0. The maximum atomic E-state index is 3.98. The molecule has 1 heterocycles. The molecule has 0 aliphatic carbocycles. The SMILES string of the molecule is [Tm].[c-]1cccc2ccncc12. The van der Waals surface area contributed by atoms with E-state index in [9.17, 15) is 0 Å². The van der Waals surface area contributed by atoms with E-state index in [1.807, 2.05) is 30.5 Å².